The Labute approximate surface area is 139 Å². The minimum absolute atomic E-state index is 0.0354. The Hall–Kier alpha value is -2.15. The third-order valence-corrected chi connectivity index (χ3v) is 4.53. The molecule has 2 heterocycles. The summed E-state index contributed by atoms with van der Waals surface area (Å²) in [5, 5.41) is 4.01. The molecule has 1 aromatic heterocycles. The van der Waals surface area contributed by atoms with Crippen molar-refractivity contribution < 1.29 is 14.3 Å². The lowest BCUT2D eigenvalue weighted by Gasteiger charge is -2.26. The van der Waals surface area contributed by atoms with E-state index in [0.29, 0.717) is 12.3 Å². The zero-order valence-electron chi connectivity index (χ0n) is 13.0. The molecular formula is C16H19N3O3S. The minimum Gasteiger partial charge on any atom is -0.497 e. The van der Waals surface area contributed by atoms with E-state index in [1.165, 1.54) is 18.0 Å². The molecule has 1 aliphatic heterocycles. The summed E-state index contributed by atoms with van der Waals surface area (Å²) in [5.74, 6) is 1.46. The van der Waals surface area contributed by atoms with Crippen LogP contribution in [-0.2, 0) is 6.61 Å². The molecule has 0 saturated carbocycles. The van der Waals surface area contributed by atoms with Crippen LogP contribution in [0.25, 0.3) is 0 Å². The number of aromatic nitrogens is 2. The first-order valence-corrected chi connectivity index (χ1v) is 8.42. The van der Waals surface area contributed by atoms with Crippen LogP contribution in [0.3, 0.4) is 0 Å². The molecule has 1 amide bonds. The van der Waals surface area contributed by atoms with E-state index >= 15 is 0 Å². The van der Waals surface area contributed by atoms with Crippen molar-refractivity contribution in [3.63, 3.8) is 0 Å². The summed E-state index contributed by atoms with van der Waals surface area (Å²) in [6.45, 7) is 1.89. The van der Waals surface area contributed by atoms with Gasteiger partial charge in [0.2, 0.25) is 0 Å². The van der Waals surface area contributed by atoms with Gasteiger partial charge in [-0.05, 0) is 55.1 Å². The van der Waals surface area contributed by atoms with Crippen LogP contribution in [0.1, 0.15) is 34.6 Å². The van der Waals surface area contributed by atoms with Gasteiger partial charge >= 0.3 is 0 Å². The Kier molecular flexibility index (Phi) is 5.07. The molecule has 1 fully saturated rings. The number of hydrogen-bond acceptors (Lipinski definition) is 6. The highest BCUT2D eigenvalue weighted by Crippen LogP contribution is 2.21. The number of carbonyl (C=O) groups excluding carboxylic acids is 1. The van der Waals surface area contributed by atoms with E-state index in [2.05, 4.69) is 9.59 Å². The topological polar surface area (TPSA) is 64.5 Å². The fourth-order valence-corrected chi connectivity index (χ4v) is 3.08. The predicted octanol–water partition coefficient (Wildman–Crippen LogP) is 2.75. The standard InChI is InChI=1S/C16H19N3O3S/c1-21-12-5-7-13(8-6-12)22-11-14-15(17-18-23-14)16(20)19-9-3-2-4-10-19/h5-8H,2-4,9-11H2,1H3. The van der Waals surface area contributed by atoms with Gasteiger partial charge in [0.15, 0.2) is 5.69 Å². The van der Waals surface area contributed by atoms with Crippen LogP contribution in [0.5, 0.6) is 11.5 Å². The van der Waals surface area contributed by atoms with Crippen LogP contribution in [0.4, 0.5) is 0 Å². The molecule has 122 valence electrons. The van der Waals surface area contributed by atoms with Gasteiger partial charge in [0.25, 0.3) is 5.91 Å². The fourth-order valence-electron chi connectivity index (χ4n) is 2.53. The Balaban J connectivity index is 1.64. The molecule has 0 radical (unpaired) electrons. The predicted molar refractivity (Wildman–Crippen MR) is 87.0 cm³/mol. The number of nitrogens with zero attached hydrogens (tertiary/aromatic N) is 3. The van der Waals surface area contributed by atoms with Gasteiger partial charge in [-0.2, -0.15) is 0 Å². The maximum atomic E-state index is 12.5. The van der Waals surface area contributed by atoms with Crippen LogP contribution in [0.2, 0.25) is 0 Å². The monoisotopic (exact) mass is 333 g/mol. The first-order chi connectivity index (χ1) is 11.3. The molecule has 1 saturated heterocycles. The first-order valence-electron chi connectivity index (χ1n) is 7.65. The third-order valence-electron chi connectivity index (χ3n) is 3.83. The summed E-state index contributed by atoms with van der Waals surface area (Å²) in [6, 6.07) is 7.33. The molecule has 0 aliphatic carbocycles. The summed E-state index contributed by atoms with van der Waals surface area (Å²) in [7, 11) is 1.62. The van der Waals surface area contributed by atoms with E-state index in [4.69, 9.17) is 9.47 Å². The van der Waals surface area contributed by atoms with Gasteiger partial charge in [0, 0.05) is 13.1 Å². The Morgan fingerprint density at radius 1 is 1.17 bits per heavy atom. The number of ether oxygens (including phenoxy) is 2. The number of likely N-dealkylation sites (tertiary alicyclic amines) is 1. The van der Waals surface area contributed by atoms with Crippen LogP contribution >= 0.6 is 11.5 Å². The number of piperidine rings is 1. The third kappa shape index (κ3) is 3.79. The Morgan fingerprint density at radius 3 is 2.57 bits per heavy atom. The lowest BCUT2D eigenvalue weighted by Crippen LogP contribution is -2.36. The van der Waals surface area contributed by atoms with Crippen molar-refractivity contribution >= 4 is 17.4 Å². The van der Waals surface area contributed by atoms with Crippen molar-refractivity contribution in [1.82, 2.24) is 14.5 Å². The molecule has 7 heteroatoms. The lowest BCUT2D eigenvalue weighted by molar-refractivity contribution is 0.0715. The smallest absolute Gasteiger partial charge is 0.275 e. The highest BCUT2D eigenvalue weighted by Gasteiger charge is 2.24. The molecule has 23 heavy (non-hydrogen) atoms. The number of rotatable bonds is 5. The van der Waals surface area contributed by atoms with Crippen LogP contribution < -0.4 is 9.47 Å². The Bertz CT molecular complexity index is 651. The first kappa shape index (κ1) is 15.7. The van der Waals surface area contributed by atoms with E-state index < -0.39 is 0 Å². The maximum Gasteiger partial charge on any atom is 0.275 e. The van der Waals surface area contributed by atoms with Gasteiger partial charge < -0.3 is 14.4 Å². The van der Waals surface area contributed by atoms with Gasteiger partial charge in [0.05, 0.1) is 12.0 Å². The number of benzene rings is 1. The number of carbonyl (C=O) groups is 1. The molecule has 1 aliphatic rings. The van der Waals surface area contributed by atoms with E-state index in [9.17, 15) is 4.79 Å². The quantitative estimate of drug-likeness (QED) is 0.842. The molecule has 0 atom stereocenters. The van der Waals surface area contributed by atoms with Crippen LogP contribution in [-0.4, -0.2) is 40.6 Å². The molecule has 6 nitrogen and oxygen atoms in total. The molecule has 0 spiro atoms. The van der Waals surface area contributed by atoms with Gasteiger partial charge in [-0.3, -0.25) is 4.79 Å². The molecule has 3 rings (SSSR count). The van der Waals surface area contributed by atoms with E-state index in [-0.39, 0.29) is 5.91 Å². The normalized spacial score (nSPS) is 14.6. The number of methoxy groups -OCH3 is 1. The largest absolute Gasteiger partial charge is 0.497 e. The summed E-state index contributed by atoms with van der Waals surface area (Å²) in [5.41, 5.74) is 0.422. The van der Waals surface area contributed by atoms with Crippen molar-refractivity contribution in [2.75, 3.05) is 20.2 Å². The molecule has 1 aromatic carbocycles. The molecule has 0 bridgehead atoms. The molecule has 0 unspecified atom stereocenters. The second-order valence-electron chi connectivity index (χ2n) is 5.36. The van der Waals surface area contributed by atoms with E-state index in [0.717, 1.165) is 42.3 Å². The number of hydrogen-bond donors (Lipinski definition) is 0. The zero-order valence-corrected chi connectivity index (χ0v) is 13.8. The average Bonchev–Trinajstić information content (AvgIpc) is 3.09. The molecule has 2 aromatic rings. The van der Waals surface area contributed by atoms with Crippen molar-refractivity contribution in [3.8, 4) is 11.5 Å². The van der Waals surface area contributed by atoms with Gasteiger partial charge in [0.1, 0.15) is 18.1 Å². The second-order valence-corrected chi connectivity index (χ2v) is 6.20. The van der Waals surface area contributed by atoms with Crippen molar-refractivity contribution in [3.05, 3.63) is 34.8 Å². The van der Waals surface area contributed by atoms with Crippen LogP contribution in [0, 0.1) is 0 Å². The summed E-state index contributed by atoms with van der Waals surface area (Å²) in [4.78, 5) is 15.2. The summed E-state index contributed by atoms with van der Waals surface area (Å²) >= 11 is 1.21. The van der Waals surface area contributed by atoms with E-state index in [1.807, 2.05) is 29.2 Å². The zero-order chi connectivity index (χ0) is 16.1. The van der Waals surface area contributed by atoms with E-state index in [1.54, 1.807) is 7.11 Å². The van der Waals surface area contributed by atoms with Gasteiger partial charge in [-0.15, -0.1) is 5.10 Å². The van der Waals surface area contributed by atoms with Crippen molar-refractivity contribution in [1.29, 1.82) is 0 Å². The fraction of sp³-hybridized carbons (Fsp3) is 0.438. The van der Waals surface area contributed by atoms with Gasteiger partial charge in [-0.25, -0.2) is 0 Å². The van der Waals surface area contributed by atoms with Crippen molar-refractivity contribution in [2.45, 2.75) is 25.9 Å². The molecule has 0 N–H and O–H groups in total. The highest BCUT2D eigenvalue weighted by atomic mass is 32.1. The maximum absolute atomic E-state index is 12.5. The Morgan fingerprint density at radius 2 is 1.87 bits per heavy atom. The highest BCUT2D eigenvalue weighted by molar-refractivity contribution is 7.05. The van der Waals surface area contributed by atoms with Gasteiger partial charge in [-0.1, -0.05) is 4.49 Å². The number of amides is 1. The summed E-state index contributed by atoms with van der Waals surface area (Å²) < 4.78 is 14.8. The second kappa shape index (κ2) is 7.41. The summed E-state index contributed by atoms with van der Waals surface area (Å²) in [6.07, 6.45) is 3.30. The van der Waals surface area contributed by atoms with Crippen LogP contribution in [0.15, 0.2) is 24.3 Å². The average molecular weight is 333 g/mol. The molecular weight excluding hydrogens is 314 g/mol. The SMILES string of the molecule is COc1ccc(OCc2snnc2C(=O)N2CCCCC2)cc1. The lowest BCUT2D eigenvalue weighted by atomic mass is 10.1. The van der Waals surface area contributed by atoms with Crippen molar-refractivity contribution in [2.24, 2.45) is 0 Å². The minimum atomic E-state index is -0.0354.